The van der Waals surface area contributed by atoms with Crippen LogP contribution in [0.2, 0.25) is 0 Å². The van der Waals surface area contributed by atoms with E-state index >= 15 is 0 Å². The van der Waals surface area contributed by atoms with E-state index in [9.17, 15) is 28.3 Å². The number of likely N-dealkylation sites (tertiary alicyclic amines) is 1. The Labute approximate surface area is 257 Å². The Morgan fingerprint density at radius 2 is 1.84 bits per heavy atom. The predicted octanol–water partition coefficient (Wildman–Crippen LogP) is 2.20. The van der Waals surface area contributed by atoms with Crippen LogP contribution in [0.4, 0.5) is 8.78 Å². The molecule has 3 amide bonds. The third kappa shape index (κ3) is 7.80. The van der Waals surface area contributed by atoms with Gasteiger partial charge in [-0.15, -0.1) is 0 Å². The molecule has 0 aliphatic carbocycles. The van der Waals surface area contributed by atoms with Crippen molar-refractivity contribution in [3.8, 4) is 0 Å². The highest BCUT2D eigenvalue weighted by atomic mass is 19.1. The van der Waals surface area contributed by atoms with Crippen molar-refractivity contribution in [2.75, 3.05) is 13.1 Å². The zero-order valence-corrected chi connectivity index (χ0v) is 25.7. The minimum Gasteiger partial charge on any atom is -0.389 e. The molecule has 2 heterocycles. The van der Waals surface area contributed by atoms with E-state index in [0.29, 0.717) is 38.6 Å². The molecule has 1 unspecified atom stereocenters. The molecule has 44 heavy (non-hydrogen) atoms. The lowest BCUT2D eigenvalue weighted by Gasteiger charge is -2.36. The maximum Gasteiger partial charge on any atom is 0.249 e. The molecule has 9 nitrogen and oxygen atoms in total. The predicted molar refractivity (Wildman–Crippen MR) is 163 cm³/mol. The van der Waals surface area contributed by atoms with Crippen molar-refractivity contribution in [1.29, 1.82) is 0 Å². The molecule has 0 aromatic heterocycles. The second-order valence-electron chi connectivity index (χ2n) is 12.3. The lowest BCUT2D eigenvalue weighted by atomic mass is 9.81. The van der Waals surface area contributed by atoms with Crippen LogP contribution < -0.4 is 21.7 Å². The summed E-state index contributed by atoms with van der Waals surface area (Å²) in [6.45, 7) is 6.00. The van der Waals surface area contributed by atoms with Crippen LogP contribution in [0.5, 0.6) is 0 Å². The van der Waals surface area contributed by atoms with E-state index in [1.165, 1.54) is 24.0 Å². The number of carbonyl (C=O) groups excluding carboxylic acids is 3. The number of benzene rings is 2. The molecule has 2 aliphatic heterocycles. The lowest BCUT2D eigenvalue weighted by molar-refractivity contribution is -0.144. The second kappa shape index (κ2) is 14.6. The monoisotopic (exact) mass is 613 g/mol. The van der Waals surface area contributed by atoms with E-state index in [1.807, 2.05) is 44.2 Å². The third-order valence-electron chi connectivity index (χ3n) is 9.20. The van der Waals surface area contributed by atoms with Gasteiger partial charge in [0, 0.05) is 38.2 Å². The van der Waals surface area contributed by atoms with Crippen molar-refractivity contribution in [3.63, 3.8) is 0 Å². The van der Waals surface area contributed by atoms with E-state index in [4.69, 9.17) is 5.73 Å². The number of aliphatic hydroxyl groups is 1. The normalized spacial score (nSPS) is 24.5. The number of rotatable bonds is 13. The molecule has 240 valence electrons. The highest BCUT2D eigenvalue weighted by molar-refractivity contribution is 5.96. The van der Waals surface area contributed by atoms with E-state index in [1.54, 1.807) is 0 Å². The number of aryl methyl sites for hydroxylation is 1. The molecule has 4 rings (SSSR count). The molecule has 11 heteroatoms. The summed E-state index contributed by atoms with van der Waals surface area (Å²) in [7, 11) is 0. The van der Waals surface area contributed by atoms with Gasteiger partial charge < -0.3 is 31.7 Å². The number of hydrogen-bond acceptors (Lipinski definition) is 6. The fraction of sp³-hybridized carbons (Fsp3) is 0.545. The molecule has 0 spiro atoms. The van der Waals surface area contributed by atoms with Gasteiger partial charge in [-0.2, -0.15) is 0 Å². The van der Waals surface area contributed by atoms with Crippen molar-refractivity contribution in [3.05, 3.63) is 71.3 Å². The quantitative estimate of drug-likeness (QED) is 0.235. The first-order chi connectivity index (χ1) is 20.9. The number of carbonyl (C=O) groups is 3. The van der Waals surface area contributed by atoms with Gasteiger partial charge in [-0.05, 0) is 61.3 Å². The van der Waals surface area contributed by atoms with Gasteiger partial charge in [0.25, 0.3) is 0 Å². The van der Waals surface area contributed by atoms with Crippen LogP contribution in [0.25, 0.3) is 0 Å². The zero-order chi connectivity index (χ0) is 32.0. The van der Waals surface area contributed by atoms with Crippen molar-refractivity contribution in [2.24, 2.45) is 11.7 Å². The number of nitrogens with zero attached hydrogens (tertiary/aromatic N) is 1. The zero-order valence-electron chi connectivity index (χ0n) is 25.7. The van der Waals surface area contributed by atoms with Crippen LogP contribution in [-0.4, -0.2) is 76.6 Å². The summed E-state index contributed by atoms with van der Waals surface area (Å²) in [6, 6.07) is 10.2. The highest BCUT2D eigenvalue weighted by Gasteiger charge is 2.53. The molecular formula is C33H45F2N5O4. The fourth-order valence-corrected chi connectivity index (χ4v) is 6.65. The molecule has 2 aromatic rings. The van der Waals surface area contributed by atoms with Crippen molar-refractivity contribution < 1.29 is 28.3 Å². The SMILES string of the molecule is CCC(C)[C@@]1(NC(C)=O)CCN([C@@H](CCc2ccccc2)C(=O)N[C@@H](Cc2cc(F)cc(F)c2)[C@H](O)[C@H]2C[C@@H](N)CN2)C1=O. The summed E-state index contributed by atoms with van der Waals surface area (Å²) in [4.78, 5) is 42.1. The molecule has 0 bridgehead atoms. The Hall–Kier alpha value is -3.41. The summed E-state index contributed by atoms with van der Waals surface area (Å²) < 4.78 is 28.2. The van der Waals surface area contributed by atoms with Crippen LogP contribution in [0.15, 0.2) is 48.5 Å². The van der Waals surface area contributed by atoms with Gasteiger partial charge in [0.15, 0.2) is 0 Å². The maximum atomic E-state index is 14.2. The van der Waals surface area contributed by atoms with Gasteiger partial charge >= 0.3 is 0 Å². The number of nitrogens with one attached hydrogen (secondary N) is 3. The fourth-order valence-electron chi connectivity index (χ4n) is 6.65. The second-order valence-corrected chi connectivity index (χ2v) is 12.3. The van der Waals surface area contributed by atoms with Crippen molar-refractivity contribution in [1.82, 2.24) is 20.9 Å². The summed E-state index contributed by atoms with van der Waals surface area (Å²) in [5, 5.41) is 20.4. The number of aliphatic hydroxyl groups excluding tert-OH is 1. The van der Waals surface area contributed by atoms with Crippen molar-refractivity contribution >= 4 is 17.7 Å². The maximum absolute atomic E-state index is 14.2. The molecule has 0 radical (unpaired) electrons. The number of amides is 3. The molecule has 6 N–H and O–H groups in total. The summed E-state index contributed by atoms with van der Waals surface area (Å²) in [6.07, 6.45) is 1.09. The highest BCUT2D eigenvalue weighted by Crippen LogP contribution is 2.34. The van der Waals surface area contributed by atoms with Crippen LogP contribution in [-0.2, 0) is 27.2 Å². The van der Waals surface area contributed by atoms with E-state index < -0.39 is 47.3 Å². The topological polar surface area (TPSA) is 137 Å². The van der Waals surface area contributed by atoms with Gasteiger partial charge in [0.05, 0.1) is 12.1 Å². The minimum absolute atomic E-state index is 0.0446. The Balaban J connectivity index is 1.64. The van der Waals surface area contributed by atoms with E-state index in [-0.39, 0.29) is 42.3 Å². The largest absolute Gasteiger partial charge is 0.389 e. The number of nitrogens with two attached hydrogens (primary N) is 1. The van der Waals surface area contributed by atoms with Crippen LogP contribution in [0.1, 0.15) is 57.6 Å². The third-order valence-corrected chi connectivity index (χ3v) is 9.20. The Kier molecular flexibility index (Phi) is 11.1. The number of halogens is 2. The first-order valence-corrected chi connectivity index (χ1v) is 15.5. The summed E-state index contributed by atoms with van der Waals surface area (Å²) in [5.74, 6) is -2.81. The van der Waals surface area contributed by atoms with Crippen LogP contribution >= 0.6 is 0 Å². The molecule has 2 aliphatic rings. The Morgan fingerprint density at radius 1 is 1.16 bits per heavy atom. The lowest BCUT2D eigenvalue weighted by Crippen LogP contribution is -2.61. The van der Waals surface area contributed by atoms with E-state index in [2.05, 4.69) is 16.0 Å². The van der Waals surface area contributed by atoms with Gasteiger partial charge in [0.1, 0.15) is 23.2 Å². The van der Waals surface area contributed by atoms with Gasteiger partial charge in [-0.1, -0.05) is 50.6 Å². The molecule has 2 aromatic carbocycles. The van der Waals surface area contributed by atoms with Gasteiger partial charge in [-0.3, -0.25) is 14.4 Å². The smallest absolute Gasteiger partial charge is 0.249 e. The Bertz CT molecular complexity index is 1290. The number of hydrogen-bond donors (Lipinski definition) is 5. The van der Waals surface area contributed by atoms with Crippen molar-refractivity contribution in [2.45, 2.75) is 95.1 Å². The first-order valence-electron chi connectivity index (χ1n) is 15.5. The molecule has 2 fully saturated rings. The molecule has 7 atom stereocenters. The average Bonchev–Trinajstić information content (AvgIpc) is 3.55. The summed E-state index contributed by atoms with van der Waals surface area (Å²) >= 11 is 0. The Morgan fingerprint density at radius 3 is 2.43 bits per heavy atom. The minimum atomic E-state index is -1.13. The van der Waals surface area contributed by atoms with Gasteiger partial charge in [0.2, 0.25) is 17.7 Å². The van der Waals surface area contributed by atoms with Gasteiger partial charge in [-0.25, -0.2) is 8.78 Å². The molecule has 2 saturated heterocycles. The molecule has 0 saturated carbocycles. The van der Waals surface area contributed by atoms with Crippen LogP contribution in [0.3, 0.4) is 0 Å². The molecular weight excluding hydrogens is 568 g/mol. The summed E-state index contributed by atoms with van der Waals surface area (Å²) in [5.41, 5.74) is 6.19. The standard InChI is InChI=1S/C33H45F2N5O4/c1-4-20(2)33(39-21(3)41)12-13-40(32(33)44)29(11-10-22-8-6-5-7-9-22)31(43)38-28(30(42)27-18-26(36)19-37-27)16-23-14-24(34)17-25(35)15-23/h5-9,14-15,17,20,26-30,37,42H,4,10-13,16,18-19,36H2,1-3H3,(H,38,43)(H,39,41)/t20?,26-,27-,28+,29+,30-,33+/m1/s1. The van der Waals surface area contributed by atoms with E-state index in [0.717, 1.165) is 11.6 Å². The van der Waals surface area contributed by atoms with Crippen LogP contribution in [0, 0.1) is 17.6 Å². The average molecular weight is 614 g/mol. The first kappa shape index (κ1) is 33.5.